The van der Waals surface area contributed by atoms with E-state index in [2.05, 4.69) is 50.3 Å². The van der Waals surface area contributed by atoms with E-state index in [9.17, 15) is 0 Å². The molecule has 1 fully saturated rings. The zero-order valence-corrected chi connectivity index (χ0v) is 18.9. The Morgan fingerprint density at radius 2 is 2.00 bits per heavy atom. The number of nitrogens with one attached hydrogen (secondary N) is 2. The molecule has 0 spiro atoms. The van der Waals surface area contributed by atoms with Crippen molar-refractivity contribution in [1.29, 1.82) is 0 Å². The monoisotopic (exact) mass is 427 g/mol. The summed E-state index contributed by atoms with van der Waals surface area (Å²) in [5.41, 5.74) is 7.40. The highest BCUT2D eigenvalue weighted by molar-refractivity contribution is 5.83. The maximum Gasteiger partial charge on any atom is 0.120 e. The van der Waals surface area contributed by atoms with Gasteiger partial charge in [-0.15, -0.1) is 0 Å². The number of nitrogens with zero attached hydrogens (tertiary/aromatic N) is 5. The Hall–Kier alpha value is -3.32. The van der Waals surface area contributed by atoms with E-state index in [1.54, 1.807) is 0 Å². The highest BCUT2D eigenvalue weighted by atomic mass is 15.2. The number of aromatic amines is 1. The fraction of sp³-hybridized carbons (Fsp3) is 0.360. The van der Waals surface area contributed by atoms with Crippen molar-refractivity contribution in [3.63, 3.8) is 0 Å². The van der Waals surface area contributed by atoms with E-state index in [0.717, 1.165) is 58.1 Å². The first-order valence-electron chi connectivity index (χ1n) is 11.2. The van der Waals surface area contributed by atoms with E-state index in [4.69, 9.17) is 4.98 Å². The van der Waals surface area contributed by atoms with Crippen LogP contribution in [-0.2, 0) is 0 Å². The van der Waals surface area contributed by atoms with Crippen LogP contribution < -0.4 is 5.32 Å². The van der Waals surface area contributed by atoms with Gasteiger partial charge in [0.25, 0.3) is 0 Å². The molecule has 0 bridgehead atoms. The number of anilines is 1. The molecule has 0 aromatic carbocycles. The van der Waals surface area contributed by atoms with Gasteiger partial charge in [-0.05, 0) is 70.5 Å². The second-order valence-corrected chi connectivity index (χ2v) is 9.10. The molecule has 7 heteroatoms. The second kappa shape index (κ2) is 8.31. The molecule has 0 saturated carbocycles. The zero-order chi connectivity index (χ0) is 22.1. The maximum atomic E-state index is 4.89. The molecular formula is C25H29N7. The van der Waals surface area contributed by atoms with Crippen LogP contribution in [0.2, 0.25) is 0 Å². The van der Waals surface area contributed by atoms with Crippen molar-refractivity contribution in [3.8, 4) is 22.6 Å². The first-order valence-corrected chi connectivity index (χ1v) is 11.2. The van der Waals surface area contributed by atoms with E-state index < -0.39 is 0 Å². The minimum atomic E-state index is 0.300. The summed E-state index contributed by atoms with van der Waals surface area (Å²) in [6, 6.07) is 12.0. The van der Waals surface area contributed by atoms with E-state index in [0.29, 0.717) is 5.54 Å². The molecule has 7 nitrogen and oxygen atoms in total. The normalized spacial score (nSPS) is 16.0. The topological polar surface area (TPSA) is 82.6 Å². The lowest BCUT2D eigenvalue weighted by Crippen LogP contribution is -2.40. The summed E-state index contributed by atoms with van der Waals surface area (Å²) in [5.74, 6) is 0. The average Bonchev–Trinajstić information content (AvgIpc) is 3.40. The van der Waals surface area contributed by atoms with Gasteiger partial charge in [0, 0.05) is 36.1 Å². The molecule has 1 aliphatic rings. The SMILES string of the molecule is Cc1cccc(-c2n[nH]cc2-c2ccc3ncc(NCCN4CCCC4(C)C)cc3n2)n1. The van der Waals surface area contributed by atoms with Crippen molar-refractivity contribution in [2.45, 2.75) is 39.2 Å². The van der Waals surface area contributed by atoms with Gasteiger partial charge >= 0.3 is 0 Å². The number of aryl methyl sites for hydroxylation is 1. The van der Waals surface area contributed by atoms with Gasteiger partial charge in [-0.25, -0.2) is 4.98 Å². The lowest BCUT2D eigenvalue weighted by Gasteiger charge is -2.31. The Morgan fingerprint density at radius 3 is 2.81 bits per heavy atom. The number of aromatic nitrogens is 5. The van der Waals surface area contributed by atoms with Crippen molar-refractivity contribution in [1.82, 2.24) is 30.0 Å². The quantitative estimate of drug-likeness (QED) is 0.465. The smallest absolute Gasteiger partial charge is 0.120 e. The highest BCUT2D eigenvalue weighted by Gasteiger charge is 2.30. The number of hydrogen-bond donors (Lipinski definition) is 2. The Labute approximate surface area is 188 Å². The number of pyridine rings is 3. The summed E-state index contributed by atoms with van der Waals surface area (Å²) in [5, 5.41) is 10.9. The minimum Gasteiger partial charge on any atom is -0.382 e. The average molecular weight is 428 g/mol. The van der Waals surface area contributed by atoms with Crippen LogP contribution in [0.4, 0.5) is 5.69 Å². The van der Waals surface area contributed by atoms with Crippen LogP contribution in [0.15, 0.2) is 48.8 Å². The molecule has 1 saturated heterocycles. The molecule has 5 rings (SSSR count). The van der Waals surface area contributed by atoms with Crippen LogP contribution in [0.1, 0.15) is 32.4 Å². The molecule has 4 aromatic rings. The van der Waals surface area contributed by atoms with Gasteiger partial charge in [-0.2, -0.15) is 5.10 Å². The number of fused-ring (bicyclic) bond motifs is 1. The summed E-state index contributed by atoms with van der Waals surface area (Å²) in [6.07, 6.45) is 6.32. The standard InChI is InChI=1S/C25H29N7/c1-17-6-4-7-22(29-17)24-19(16-28-31-24)20-8-9-21-23(30-20)14-18(15-27-21)26-11-13-32-12-5-10-25(32,2)3/h4,6-9,14-16,26H,5,10-13H2,1-3H3,(H,28,31). The number of likely N-dealkylation sites (tertiary alicyclic amines) is 1. The van der Waals surface area contributed by atoms with Crippen LogP contribution in [-0.4, -0.2) is 55.2 Å². The van der Waals surface area contributed by atoms with E-state index in [1.165, 1.54) is 19.4 Å². The van der Waals surface area contributed by atoms with Gasteiger partial charge in [0.15, 0.2) is 0 Å². The maximum absolute atomic E-state index is 4.89. The summed E-state index contributed by atoms with van der Waals surface area (Å²) in [6.45, 7) is 9.74. The minimum absolute atomic E-state index is 0.300. The fourth-order valence-corrected chi connectivity index (χ4v) is 4.52. The molecule has 1 aliphatic heterocycles. The largest absolute Gasteiger partial charge is 0.382 e. The molecule has 2 N–H and O–H groups in total. The second-order valence-electron chi connectivity index (χ2n) is 9.10. The summed E-state index contributed by atoms with van der Waals surface area (Å²) in [7, 11) is 0. The lowest BCUT2D eigenvalue weighted by molar-refractivity contribution is 0.182. The first kappa shape index (κ1) is 20.6. The lowest BCUT2D eigenvalue weighted by atomic mass is 10.0. The van der Waals surface area contributed by atoms with Crippen LogP contribution in [0, 0.1) is 6.92 Å². The van der Waals surface area contributed by atoms with Gasteiger partial charge in [0.1, 0.15) is 5.69 Å². The van der Waals surface area contributed by atoms with Crippen molar-refractivity contribution < 1.29 is 0 Å². The van der Waals surface area contributed by atoms with Crippen molar-refractivity contribution >= 4 is 16.7 Å². The molecule has 0 aliphatic carbocycles. The van der Waals surface area contributed by atoms with E-state index in [1.807, 2.05) is 49.6 Å². The van der Waals surface area contributed by atoms with E-state index >= 15 is 0 Å². The third-order valence-electron chi connectivity index (χ3n) is 6.37. The molecule has 0 amide bonds. The molecule has 164 valence electrons. The molecule has 0 unspecified atom stereocenters. The van der Waals surface area contributed by atoms with Gasteiger partial charge in [-0.1, -0.05) is 6.07 Å². The molecule has 0 atom stereocenters. The molecule has 32 heavy (non-hydrogen) atoms. The fourth-order valence-electron chi connectivity index (χ4n) is 4.52. The van der Waals surface area contributed by atoms with Crippen LogP contribution in [0.25, 0.3) is 33.7 Å². The summed E-state index contributed by atoms with van der Waals surface area (Å²) >= 11 is 0. The molecule has 4 aromatic heterocycles. The van der Waals surface area contributed by atoms with Crippen LogP contribution >= 0.6 is 0 Å². The van der Waals surface area contributed by atoms with Crippen LogP contribution in [0.5, 0.6) is 0 Å². The van der Waals surface area contributed by atoms with Crippen molar-refractivity contribution in [3.05, 3.63) is 54.5 Å². The molecule has 5 heterocycles. The predicted molar refractivity (Wildman–Crippen MR) is 128 cm³/mol. The Bertz CT molecular complexity index is 1240. The Kier molecular flexibility index (Phi) is 5.35. The molecule has 0 radical (unpaired) electrons. The number of hydrogen-bond acceptors (Lipinski definition) is 6. The summed E-state index contributed by atoms with van der Waals surface area (Å²) < 4.78 is 0. The highest BCUT2D eigenvalue weighted by Crippen LogP contribution is 2.30. The number of rotatable bonds is 6. The Morgan fingerprint density at radius 1 is 1.09 bits per heavy atom. The van der Waals surface area contributed by atoms with Crippen molar-refractivity contribution in [2.75, 3.05) is 25.0 Å². The predicted octanol–water partition coefficient (Wildman–Crippen LogP) is 4.68. The van der Waals surface area contributed by atoms with E-state index in [-0.39, 0.29) is 0 Å². The zero-order valence-electron chi connectivity index (χ0n) is 18.9. The Balaban J connectivity index is 1.37. The van der Waals surface area contributed by atoms with Gasteiger partial charge in [0.2, 0.25) is 0 Å². The third kappa shape index (κ3) is 4.08. The number of H-pyrrole nitrogens is 1. The first-order chi connectivity index (χ1) is 15.5. The van der Waals surface area contributed by atoms with Gasteiger partial charge < -0.3 is 5.32 Å². The van der Waals surface area contributed by atoms with Gasteiger partial charge in [0.05, 0.1) is 34.3 Å². The van der Waals surface area contributed by atoms with Gasteiger partial charge in [-0.3, -0.25) is 20.0 Å². The van der Waals surface area contributed by atoms with Crippen molar-refractivity contribution in [2.24, 2.45) is 0 Å². The third-order valence-corrected chi connectivity index (χ3v) is 6.37. The summed E-state index contributed by atoms with van der Waals surface area (Å²) in [4.78, 5) is 16.7. The molecular weight excluding hydrogens is 398 g/mol. The van der Waals surface area contributed by atoms with Crippen LogP contribution in [0.3, 0.4) is 0 Å².